The summed E-state index contributed by atoms with van der Waals surface area (Å²) < 4.78 is 4.52. The van der Waals surface area contributed by atoms with E-state index >= 15 is 0 Å². The van der Waals surface area contributed by atoms with Gasteiger partial charge in [0.05, 0.1) is 13.5 Å². The predicted octanol–water partition coefficient (Wildman–Crippen LogP) is 2.42. The monoisotopic (exact) mass is 210 g/mol. The first kappa shape index (κ1) is 13.6. The van der Waals surface area contributed by atoms with Gasteiger partial charge in [0, 0.05) is 0 Å². The van der Waals surface area contributed by atoms with E-state index in [9.17, 15) is 9.59 Å². The molecule has 0 aromatic carbocycles. The average molecular weight is 210 g/mol. The second-order valence-corrected chi connectivity index (χ2v) is 3.44. The quantitative estimate of drug-likeness (QED) is 0.292. The molecule has 0 atom stereocenters. The van der Waals surface area contributed by atoms with Crippen molar-refractivity contribution in [1.82, 2.24) is 0 Å². The van der Waals surface area contributed by atoms with Crippen LogP contribution in [0.15, 0.2) is 23.3 Å². The maximum atomic E-state index is 10.8. The maximum absolute atomic E-state index is 10.8. The molecule has 3 nitrogen and oxygen atoms in total. The fourth-order valence-corrected chi connectivity index (χ4v) is 1.02. The maximum Gasteiger partial charge on any atom is 0.309 e. The molecule has 0 N–H and O–H groups in total. The number of carbonyl (C=O) groups excluding carboxylic acids is 2. The Morgan fingerprint density at radius 1 is 1.27 bits per heavy atom. The van der Waals surface area contributed by atoms with Gasteiger partial charge in [-0.25, -0.2) is 0 Å². The van der Waals surface area contributed by atoms with Crippen LogP contribution in [0.2, 0.25) is 0 Å². The number of esters is 1. The van der Waals surface area contributed by atoms with Crippen LogP contribution in [-0.2, 0) is 14.3 Å². The van der Waals surface area contributed by atoms with Crippen LogP contribution in [-0.4, -0.2) is 19.4 Å². The zero-order valence-electron chi connectivity index (χ0n) is 9.58. The van der Waals surface area contributed by atoms with E-state index in [2.05, 4.69) is 4.74 Å². The lowest BCUT2D eigenvalue weighted by atomic mass is 10.1. The first-order chi connectivity index (χ1) is 7.10. The Balaban J connectivity index is 3.87. The van der Waals surface area contributed by atoms with Crippen LogP contribution in [0.25, 0.3) is 0 Å². The van der Waals surface area contributed by atoms with Crippen LogP contribution in [0.4, 0.5) is 0 Å². The lowest BCUT2D eigenvalue weighted by molar-refractivity contribution is -0.139. The van der Waals surface area contributed by atoms with Gasteiger partial charge in [0.15, 0.2) is 0 Å². The molecule has 0 rings (SSSR count). The number of rotatable bonds is 6. The average Bonchev–Trinajstić information content (AvgIpc) is 2.25. The summed E-state index contributed by atoms with van der Waals surface area (Å²) in [5.74, 6) is -0.228. The van der Waals surface area contributed by atoms with Crippen molar-refractivity contribution in [1.29, 1.82) is 0 Å². The Morgan fingerprint density at radius 3 is 2.47 bits per heavy atom. The van der Waals surface area contributed by atoms with Gasteiger partial charge in [0.25, 0.3) is 0 Å². The molecule has 0 fully saturated rings. The topological polar surface area (TPSA) is 43.4 Å². The molecule has 15 heavy (non-hydrogen) atoms. The van der Waals surface area contributed by atoms with Crippen LogP contribution in [0.3, 0.4) is 0 Å². The summed E-state index contributed by atoms with van der Waals surface area (Å²) >= 11 is 0. The van der Waals surface area contributed by atoms with Crippen molar-refractivity contribution in [3.8, 4) is 0 Å². The number of aldehydes is 1. The van der Waals surface area contributed by atoms with Crippen LogP contribution in [0.1, 0.15) is 33.1 Å². The van der Waals surface area contributed by atoms with Gasteiger partial charge in [-0.05, 0) is 32.3 Å². The smallest absolute Gasteiger partial charge is 0.309 e. The third kappa shape index (κ3) is 7.67. The highest BCUT2D eigenvalue weighted by Gasteiger charge is 1.96. The second kappa shape index (κ2) is 7.97. The minimum atomic E-state index is -0.228. The Hall–Kier alpha value is -1.38. The SMILES string of the molecule is COC(=O)C/C=C(\C)CC/C=C(/C)C=O. The van der Waals surface area contributed by atoms with E-state index in [4.69, 9.17) is 0 Å². The van der Waals surface area contributed by atoms with Crippen LogP contribution in [0, 0.1) is 0 Å². The Bertz CT molecular complexity index is 275. The van der Waals surface area contributed by atoms with Crippen molar-refractivity contribution >= 4 is 12.3 Å². The number of hydrogen-bond acceptors (Lipinski definition) is 3. The number of ether oxygens (including phenoxy) is 1. The Kier molecular flexibility index (Phi) is 7.24. The highest BCUT2D eigenvalue weighted by Crippen LogP contribution is 2.07. The van der Waals surface area contributed by atoms with Crippen LogP contribution >= 0.6 is 0 Å². The van der Waals surface area contributed by atoms with Gasteiger partial charge < -0.3 is 4.74 Å². The van der Waals surface area contributed by atoms with E-state index < -0.39 is 0 Å². The van der Waals surface area contributed by atoms with E-state index in [1.54, 1.807) is 6.92 Å². The summed E-state index contributed by atoms with van der Waals surface area (Å²) in [4.78, 5) is 21.1. The number of carbonyl (C=O) groups is 2. The van der Waals surface area contributed by atoms with Gasteiger partial charge in [-0.1, -0.05) is 17.7 Å². The third-order valence-corrected chi connectivity index (χ3v) is 2.04. The zero-order valence-corrected chi connectivity index (χ0v) is 9.58. The lowest BCUT2D eigenvalue weighted by Gasteiger charge is -1.98. The summed E-state index contributed by atoms with van der Waals surface area (Å²) in [7, 11) is 1.38. The molecule has 0 heterocycles. The van der Waals surface area contributed by atoms with Gasteiger partial charge >= 0.3 is 5.97 Å². The number of hydrogen-bond donors (Lipinski definition) is 0. The zero-order chi connectivity index (χ0) is 11.7. The molecule has 0 unspecified atom stereocenters. The standard InChI is InChI=1S/C12H18O3/c1-10(7-8-12(14)15-3)5-4-6-11(2)9-13/h6-7,9H,4-5,8H2,1-3H3/b10-7+,11-6-. The van der Waals surface area contributed by atoms with Gasteiger partial charge in [-0.2, -0.15) is 0 Å². The molecule has 84 valence electrons. The Morgan fingerprint density at radius 2 is 1.93 bits per heavy atom. The highest BCUT2D eigenvalue weighted by molar-refractivity contribution is 5.72. The van der Waals surface area contributed by atoms with Crippen LogP contribution < -0.4 is 0 Å². The molecule has 3 heteroatoms. The van der Waals surface area contributed by atoms with Crippen molar-refractivity contribution < 1.29 is 14.3 Å². The molecular formula is C12H18O3. The molecule has 0 aromatic heterocycles. The van der Waals surface area contributed by atoms with Gasteiger partial charge in [0.1, 0.15) is 6.29 Å². The number of allylic oxidation sites excluding steroid dienone is 3. The van der Waals surface area contributed by atoms with E-state index in [0.29, 0.717) is 6.42 Å². The summed E-state index contributed by atoms with van der Waals surface area (Å²) in [6, 6.07) is 0. The minimum Gasteiger partial charge on any atom is -0.469 e. The van der Waals surface area contributed by atoms with Crippen molar-refractivity contribution in [2.24, 2.45) is 0 Å². The molecule has 0 spiro atoms. The lowest BCUT2D eigenvalue weighted by Crippen LogP contribution is -1.97. The predicted molar refractivity (Wildman–Crippen MR) is 59.4 cm³/mol. The van der Waals surface area contributed by atoms with E-state index in [-0.39, 0.29) is 5.97 Å². The first-order valence-electron chi connectivity index (χ1n) is 4.94. The molecule has 0 saturated carbocycles. The molecular weight excluding hydrogens is 192 g/mol. The summed E-state index contributed by atoms with van der Waals surface area (Å²) in [5.41, 5.74) is 1.88. The molecule has 0 amide bonds. The fraction of sp³-hybridized carbons (Fsp3) is 0.500. The van der Waals surface area contributed by atoms with Crippen molar-refractivity contribution in [3.05, 3.63) is 23.3 Å². The first-order valence-corrected chi connectivity index (χ1v) is 4.94. The molecule has 0 aliphatic heterocycles. The molecule has 0 radical (unpaired) electrons. The normalized spacial score (nSPS) is 12.5. The van der Waals surface area contributed by atoms with Crippen molar-refractivity contribution in [2.45, 2.75) is 33.1 Å². The largest absolute Gasteiger partial charge is 0.469 e. The van der Waals surface area contributed by atoms with Crippen molar-refractivity contribution in [3.63, 3.8) is 0 Å². The van der Waals surface area contributed by atoms with E-state index in [1.807, 2.05) is 19.1 Å². The third-order valence-electron chi connectivity index (χ3n) is 2.04. The van der Waals surface area contributed by atoms with Gasteiger partial charge in [-0.15, -0.1) is 0 Å². The summed E-state index contributed by atoms with van der Waals surface area (Å²) in [6.45, 7) is 3.74. The minimum absolute atomic E-state index is 0.228. The molecule has 0 aliphatic carbocycles. The Labute approximate surface area is 90.8 Å². The van der Waals surface area contributed by atoms with Crippen molar-refractivity contribution in [2.75, 3.05) is 7.11 Å². The molecule has 0 aromatic rings. The molecule has 0 bridgehead atoms. The van der Waals surface area contributed by atoms with Gasteiger partial charge in [0.2, 0.25) is 0 Å². The highest BCUT2D eigenvalue weighted by atomic mass is 16.5. The van der Waals surface area contributed by atoms with E-state index in [1.165, 1.54) is 7.11 Å². The van der Waals surface area contributed by atoms with Gasteiger partial charge in [-0.3, -0.25) is 9.59 Å². The summed E-state index contributed by atoms with van der Waals surface area (Å²) in [6.07, 6.45) is 6.60. The number of methoxy groups -OCH3 is 1. The van der Waals surface area contributed by atoms with E-state index in [0.717, 1.165) is 30.3 Å². The molecule has 0 saturated heterocycles. The summed E-state index contributed by atoms with van der Waals surface area (Å²) in [5, 5.41) is 0. The van der Waals surface area contributed by atoms with Crippen LogP contribution in [0.5, 0.6) is 0 Å². The molecule has 0 aliphatic rings. The second-order valence-electron chi connectivity index (χ2n) is 3.44. The fourth-order valence-electron chi connectivity index (χ4n) is 1.02.